The van der Waals surface area contributed by atoms with Crippen molar-refractivity contribution in [3.8, 4) is 0 Å². The van der Waals surface area contributed by atoms with Crippen LogP contribution in [0.3, 0.4) is 0 Å². The zero-order valence-corrected chi connectivity index (χ0v) is 16.6. The summed E-state index contributed by atoms with van der Waals surface area (Å²) in [6.07, 6.45) is 1.44. The van der Waals surface area contributed by atoms with Crippen molar-refractivity contribution in [2.75, 3.05) is 10.6 Å². The van der Waals surface area contributed by atoms with Crippen LogP contribution in [0.4, 0.5) is 11.4 Å². The third kappa shape index (κ3) is 4.56. The second-order valence-corrected chi connectivity index (χ2v) is 7.06. The number of hydrogen-bond donors (Lipinski definition) is 2. The molecule has 3 rings (SSSR count). The lowest BCUT2D eigenvalue weighted by molar-refractivity contribution is 0.102. The van der Waals surface area contributed by atoms with Crippen LogP contribution < -0.4 is 10.6 Å². The van der Waals surface area contributed by atoms with Crippen molar-refractivity contribution < 1.29 is 9.59 Å². The first-order chi connectivity index (χ1) is 13.3. The monoisotopic (exact) mass is 393 g/mol. The van der Waals surface area contributed by atoms with Gasteiger partial charge in [0.05, 0.1) is 0 Å². The minimum absolute atomic E-state index is 0.153. The van der Waals surface area contributed by atoms with Crippen LogP contribution in [0.25, 0.3) is 0 Å². The van der Waals surface area contributed by atoms with E-state index in [4.69, 9.17) is 11.6 Å². The van der Waals surface area contributed by atoms with Crippen LogP contribution in [-0.4, -0.2) is 16.8 Å². The summed E-state index contributed by atoms with van der Waals surface area (Å²) in [5, 5.41) is 6.25. The number of rotatable bonds is 4. The molecule has 0 aliphatic rings. The van der Waals surface area contributed by atoms with E-state index in [1.54, 1.807) is 30.3 Å². The van der Waals surface area contributed by atoms with Crippen LogP contribution in [0.15, 0.2) is 54.7 Å². The first kappa shape index (κ1) is 19.6. The van der Waals surface area contributed by atoms with Gasteiger partial charge in [0.15, 0.2) is 0 Å². The predicted octanol–water partition coefficient (Wildman–Crippen LogP) is 5.16. The minimum atomic E-state index is -0.403. The molecule has 0 radical (unpaired) electrons. The Morgan fingerprint density at radius 3 is 2.14 bits per heavy atom. The van der Waals surface area contributed by atoms with Gasteiger partial charge in [-0.3, -0.25) is 14.6 Å². The van der Waals surface area contributed by atoms with Crippen molar-refractivity contribution in [1.29, 1.82) is 0 Å². The average Bonchev–Trinajstić information content (AvgIpc) is 2.66. The van der Waals surface area contributed by atoms with Crippen LogP contribution in [0.1, 0.15) is 37.5 Å². The summed E-state index contributed by atoms with van der Waals surface area (Å²) in [5.74, 6) is -0.697. The minimum Gasteiger partial charge on any atom is -0.322 e. The Bertz CT molecular complexity index is 1020. The van der Waals surface area contributed by atoms with Crippen molar-refractivity contribution in [3.63, 3.8) is 0 Å². The molecule has 3 aromatic rings. The molecule has 28 heavy (non-hydrogen) atoms. The Morgan fingerprint density at radius 1 is 0.857 bits per heavy atom. The summed E-state index contributed by atoms with van der Waals surface area (Å²) in [5.41, 5.74) is 4.99. The molecule has 2 N–H and O–H groups in total. The lowest BCUT2D eigenvalue weighted by atomic mass is 10.0. The smallest absolute Gasteiger partial charge is 0.274 e. The van der Waals surface area contributed by atoms with Crippen molar-refractivity contribution in [3.05, 3.63) is 87.7 Å². The van der Waals surface area contributed by atoms with Gasteiger partial charge in [-0.1, -0.05) is 29.3 Å². The van der Waals surface area contributed by atoms with Crippen LogP contribution in [0.2, 0.25) is 5.02 Å². The van der Waals surface area contributed by atoms with Crippen molar-refractivity contribution in [1.82, 2.24) is 4.98 Å². The van der Waals surface area contributed by atoms with Crippen LogP contribution >= 0.6 is 11.6 Å². The van der Waals surface area contributed by atoms with Gasteiger partial charge in [0.1, 0.15) is 5.69 Å². The molecule has 0 bridgehead atoms. The van der Waals surface area contributed by atoms with E-state index in [1.807, 2.05) is 32.9 Å². The molecule has 1 aromatic heterocycles. The number of benzene rings is 2. The van der Waals surface area contributed by atoms with E-state index in [2.05, 4.69) is 15.6 Å². The number of carbonyl (C=O) groups is 2. The average molecular weight is 394 g/mol. The maximum absolute atomic E-state index is 12.7. The summed E-state index contributed by atoms with van der Waals surface area (Å²) >= 11 is 5.85. The third-order valence-corrected chi connectivity index (χ3v) is 4.52. The van der Waals surface area contributed by atoms with Crippen LogP contribution in [-0.2, 0) is 0 Å². The number of amides is 2. The second-order valence-electron chi connectivity index (χ2n) is 6.62. The highest BCUT2D eigenvalue weighted by atomic mass is 35.5. The molecular formula is C22H20ClN3O2. The number of aryl methyl sites for hydroxylation is 3. The van der Waals surface area contributed by atoms with Gasteiger partial charge in [0, 0.05) is 28.2 Å². The van der Waals surface area contributed by atoms with Gasteiger partial charge in [-0.05, 0) is 68.3 Å². The highest BCUT2D eigenvalue weighted by Crippen LogP contribution is 2.23. The van der Waals surface area contributed by atoms with E-state index in [1.165, 1.54) is 12.3 Å². The summed E-state index contributed by atoms with van der Waals surface area (Å²) in [7, 11) is 0. The molecule has 2 aromatic carbocycles. The summed E-state index contributed by atoms with van der Waals surface area (Å²) < 4.78 is 0. The van der Waals surface area contributed by atoms with Crippen LogP contribution in [0, 0.1) is 20.8 Å². The Kier molecular flexibility index (Phi) is 5.76. The fourth-order valence-electron chi connectivity index (χ4n) is 2.99. The van der Waals surface area contributed by atoms with Crippen molar-refractivity contribution >= 4 is 34.8 Å². The largest absolute Gasteiger partial charge is 0.322 e. The Morgan fingerprint density at radius 2 is 1.50 bits per heavy atom. The Balaban J connectivity index is 1.78. The second kappa shape index (κ2) is 8.23. The highest BCUT2D eigenvalue weighted by Gasteiger charge is 2.14. The Hall–Kier alpha value is -3.18. The van der Waals surface area contributed by atoms with Gasteiger partial charge >= 0.3 is 0 Å². The van der Waals surface area contributed by atoms with Gasteiger partial charge in [-0.25, -0.2) is 0 Å². The normalized spacial score (nSPS) is 10.4. The number of carbonyl (C=O) groups excluding carboxylic acids is 2. The molecule has 2 amide bonds. The fourth-order valence-corrected chi connectivity index (χ4v) is 3.11. The zero-order valence-electron chi connectivity index (χ0n) is 15.8. The van der Waals surface area contributed by atoms with E-state index >= 15 is 0 Å². The summed E-state index contributed by atoms with van der Waals surface area (Å²) in [6, 6.07) is 13.8. The van der Waals surface area contributed by atoms with Gasteiger partial charge in [-0.2, -0.15) is 0 Å². The Labute approximate surface area is 168 Å². The standard InChI is InChI=1S/C22H20ClN3O2/c1-13-10-14(2)20(15(3)11-13)26-21(27)16-8-9-24-19(12-16)22(28)25-18-6-4-17(23)5-7-18/h4-12H,1-3H3,(H,25,28)(H,26,27). The molecule has 0 aliphatic heterocycles. The molecule has 6 heteroatoms. The van der Waals surface area contributed by atoms with E-state index in [-0.39, 0.29) is 11.6 Å². The number of aromatic nitrogens is 1. The van der Waals surface area contributed by atoms with Crippen LogP contribution in [0.5, 0.6) is 0 Å². The molecule has 0 spiro atoms. The molecule has 1 heterocycles. The maximum atomic E-state index is 12.7. The lowest BCUT2D eigenvalue weighted by Gasteiger charge is -2.13. The first-order valence-electron chi connectivity index (χ1n) is 8.75. The molecule has 0 aliphatic carbocycles. The van der Waals surface area contributed by atoms with E-state index in [0.29, 0.717) is 16.3 Å². The molecule has 0 saturated heterocycles. The van der Waals surface area contributed by atoms with Gasteiger partial charge in [0.2, 0.25) is 0 Å². The maximum Gasteiger partial charge on any atom is 0.274 e. The van der Waals surface area contributed by atoms with E-state index < -0.39 is 5.91 Å². The quantitative estimate of drug-likeness (QED) is 0.642. The topological polar surface area (TPSA) is 71.1 Å². The summed E-state index contributed by atoms with van der Waals surface area (Å²) in [6.45, 7) is 5.92. The molecule has 0 unspecified atom stereocenters. The number of anilines is 2. The van der Waals surface area contributed by atoms with Gasteiger partial charge < -0.3 is 10.6 Å². The first-order valence-corrected chi connectivity index (χ1v) is 9.13. The molecule has 0 atom stereocenters. The third-order valence-electron chi connectivity index (χ3n) is 4.27. The van der Waals surface area contributed by atoms with E-state index in [9.17, 15) is 9.59 Å². The van der Waals surface area contributed by atoms with E-state index in [0.717, 1.165) is 22.4 Å². The fraction of sp³-hybridized carbons (Fsp3) is 0.136. The van der Waals surface area contributed by atoms with Crippen molar-refractivity contribution in [2.45, 2.75) is 20.8 Å². The SMILES string of the molecule is Cc1cc(C)c(NC(=O)c2ccnc(C(=O)Nc3ccc(Cl)cc3)c2)c(C)c1. The van der Waals surface area contributed by atoms with Gasteiger partial charge in [0.25, 0.3) is 11.8 Å². The molecule has 142 valence electrons. The molecule has 0 fully saturated rings. The lowest BCUT2D eigenvalue weighted by Crippen LogP contribution is -2.17. The number of nitrogens with zero attached hydrogens (tertiary/aromatic N) is 1. The molecular weight excluding hydrogens is 374 g/mol. The predicted molar refractivity (Wildman–Crippen MR) is 112 cm³/mol. The highest BCUT2D eigenvalue weighted by molar-refractivity contribution is 6.30. The zero-order chi connectivity index (χ0) is 20.3. The number of nitrogens with one attached hydrogen (secondary N) is 2. The number of pyridine rings is 1. The number of hydrogen-bond acceptors (Lipinski definition) is 3. The summed E-state index contributed by atoms with van der Waals surface area (Å²) in [4.78, 5) is 29.2. The number of halogens is 1. The van der Waals surface area contributed by atoms with Gasteiger partial charge in [-0.15, -0.1) is 0 Å². The molecule has 5 nitrogen and oxygen atoms in total. The molecule has 0 saturated carbocycles. The van der Waals surface area contributed by atoms with Crippen molar-refractivity contribution in [2.24, 2.45) is 0 Å².